The van der Waals surface area contributed by atoms with Crippen LogP contribution in [0.2, 0.25) is 5.15 Å². The molecule has 0 spiro atoms. The second-order valence-electron chi connectivity index (χ2n) is 4.14. The van der Waals surface area contributed by atoms with E-state index in [1.807, 2.05) is 0 Å². The Labute approximate surface area is 133 Å². The van der Waals surface area contributed by atoms with Crippen molar-refractivity contribution in [3.05, 3.63) is 61.3 Å². The number of nitrogens with zero attached hydrogens (tertiary/aromatic N) is 2. The zero-order valence-electron chi connectivity index (χ0n) is 10.8. The predicted octanol–water partition coefficient (Wildman–Crippen LogP) is 3.97. The van der Waals surface area contributed by atoms with Gasteiger partial charge in [-0.3, -0.25) is 14.9 Å². The second-order valence-corrected chi connectivity index (χ2v) is 5.29. The zero-order valence-corrected chi connectivity index (χ0v) is 13.1. The summed E-state index contributed by atoms with van der Waals surface area (Å²) in [6, 6.07) is 5.93. The van der Waals surface area contributed by atoms with Gasteiger partial charge in [0.2, 0.25) is 0 Å². The molecule has 1 aromatic carbocycles. The average Bonchev–Trinajstić information content (AvgIpc) is 2.42. The molecule has 0 atom stereocenters. The first kappa shape index (κ1) is 15.4. The standard InChI is InChI=1S/C13H9BrClN3O3/c1-7-5-6-16-12(15)11(7)17-13(19)8-3-2-4-9(10(8)14)18(20)21/h2-6H,1H3,(H,17,19). The van der Waals surface area contributed by atoms with Crippen molar-refractivity contribution in [2.24, 2.45) is 0 Å². The normalized spacial score (nSPS) is 10.2. The molecule has 0 bridgehead atoms. The molecule has 0 aliphatic rings. The summed E-state index contributed by atoms with van der Waals surface area (Å²) in [7, 11) is 0. The van der Waals surface area contributed by atoms with Crippen LogP contribution >= 0.6 is 27.5 Å². The quantitative estimate of drug-likeness (QED) is 0.503. The molecule has 1 heterocycles. The van der Waals surface area contributed by atoms with Gasteiger partial charge in [-0.25, -0.2) is 4.98 Å². The molecule has 2 aromatic rings. The minimum Gasteiger partial charge on any atom is -0.319 e. The predicted molar refractivity (Wildman–Crippen MR) is 82.7 cm³/mol. The van der Waals surface area contributed by atoms with Crippen LogP contribution in [0.25, 0.3) is 0 Å². The second kappa shape index (κ2) is 6.19. The number of aromatic nitrogens is 1. The third kappa shape index (κ3) is 3.20. The number of hydrogen-bond donors (Lipinski definition) is 1. The average molecular weight is 371 g/mol. The Balaban J connectivity index is 2.38. The molecule has 0 saturated carbocycles. The van der Waals surface area contributed by atoms with E-state index >= 15 is 0 Å². The number of amides is 1. The van der Waals surface area contributed by atoms with Crippen molar-refractivity contribution in [3.8, 4) is 0 Å². The summed E-state index contributed by atoms with van der Waals surface area (Å²) in [5.74, 6) is -0.511. The van der Waals surface area contributed by atoms with Crippen LogP contribution in [0.1, 0.15) is 15.9 Å². The van der Waals surface area contributed by atoms with Crippen LogP contribution in [0.3, 0.4) is 0 Å². The number of aryl methyl sites for hydroxylation is 1. The van der Waals surface area contributed by atoms with Crippen molar-refractivity contribution in [2.75, 3.05) is 5.32 Å². The number of pyridine rings is 1. The molecule has 0 unspecified atom stereocenters. The van der Waals surface area contributed by atoms with Crippen LogP contribution in [0, 0.1) is 17.0 Å². The highest BCUT2D eigenvalue weighted by Crippen LogP contribution is 2.30. The molecular formula is C13H9BrClN3O3. The summed E-state index contributed by atoms with van der Waals surface area (Å²) < 4.78 is 0.116. The Hall–Kier alpha value is -1.99. The summed E-state index contributed by atoms with van der Waals surface area (Å²) in [6.07, 6.45) is 1.52. The van der Waals surface area contributed by atoms with E-state index in [0.717, 1.165) is 5.56 Å². The van der Waals surface area contributed by atoms with Gasteiger partial charge in [0.1, 0.15) is 4.47 Å². The van der Waals surface area contributed by atoms with Crippen LogP contribution in [0.5, 0.6) is 0 Å². The molecule has 0 aliphatic carbocycles. The van der Waals surface area contributed by atoms with E-state index in [4.69, 9.17) is 11.6 Å². The molecule has 1 aromatic heterocycles. The van der Waals surface area contributed by atoms with Crippen LogP contribution in [-0.4, -0.2) is 15.8 Å². The molecule has 1 amide bonds. The molecule has 2 rings (SSSR count). The zero-order chi connectivity index (χ0) is 15.6. The van der Waals surface area contributed by atoms with Crippen molar-refractivity contribution in [1.82, 2.24) is 4.98 Å². The monoisotopic (exact) mass is 369 g/mol. The molecular weight excluding hydrogens is 362 g/mol. The minimum atomic E-state index is -0.566. The maximum atomic E-state index is 12.3. The lowest BCUT2D eigenvalue weighted by atomic mass is 10.1. The fourth-order valence-electron chi connectivity index (χ4n) is 1.69. The smallest absolute Gasteiger partial charge is 0.284 e. The lowest BCUT2D eigenvalue weighted by molar-refractivity contribution is -0.385. The van der Waals surface area contributed by atoms with Crippen molar-refractivity contribution in [2.45, 2.75) is 6.92 Å². The van der Waals surface area contributed by atoms with E-state index in [1.165, 1.54) is 24.4 Å². The van der Waals surface area contributed by atoms with E-state index in [2.05, 4.69) is 26.2 Å². The summed E-state index contributed by atoms with van der Waals surface area (Å²) >= 11 is 9.02. The molecule has 8 heteroatoms. The molecule has 0 radical (unpaired) electrons. The minimum absolute atomic E-state index is 0.116. The summed E-state index contributed by atoms with van der Waals surface area (Å²) in [5, 5.41) is 13.6. The van der Waals surface area contributed by atoms with Crippen molar-refractivity contribution in [3.63, 3.8) is 0 Å². The Morgan fingerprint density at radius 2 is 2.14 bits per heavy atom. The van der Waals surface area contributed by atoms with Gasteiger partial charge in [0.15, 0.2) is 5.15 Å². The molecule has 1 N–H and O–H groups in total. The first-order valence-electron chi connectivity index (χ1n) is 5.77. The van der Waals surface area contributed by atoms with Crippen LogP contribution in [0.4, 0.5) is 11.4 Å². The number of nitro benzene ring substituents is 1. The molecule has 21 heavy (non-hydrogen) atoms. The van der Waals surface area contributed by atoms with Crippen LogP contribution in [0.15, 0.2) is 34.9 Å². The number of halogens is 2. The SMILES string of the molecule is Cc1ccnc(Cl)c1NC(=O)c1cccc([N+](=O)[O-])c1Br. The van der Waals surface area contributed by atoms with Gasteiger partial charge in [0, 0.05) is 12.3 Å². The van der Waals surface area contributed by atoms with Crippen molar-refractivity contribution < 1.29 is 9.72 Å². The van der Waals surface area contributed by atoms with Crippen LogP contribution in [-0.2, 0) is 0 Å². The highest BCUT2D eigenvalue weighted by atomic mass is 79.9. The molecule has 6 nitrogen and oxygen atoms in total. The molecule has 0 saturated heterocycles. The topological polar surface area (TPSA) is 85.1 Å². The van der Waals surface area contributed by atoms with E-state index in [-0.39, 0.29) is 20.9 Å². The number of benzene rings is 1. The molecule has 0 aliphatic heterocycles. The van der Waals surface area contributed by atoms with Gasteiger partial charge in [-0.2, -0.15) is 0 Å². The maximum Gasteiger partial charge on any atom is 0.284 e. The maximum absolute atomic E-state index is 12.3. The number of carbonyl (C=O) groups excluding carboxylic acids is 1. The van der Waals surface area contributed by atoms with Gasteiger partial charge in [-0.05, 0) is 40.5 Å². The highest BCUT2D eigenvalue weighted by Gasteiger charge is 2.20. The summed E-state index contributed by atoms with van der Waals surface area (Å²) in [4.78, 5) is 26.5. The van der Waals surface area contributed by atoms with E-state index in [1.54, 1.807) is 13.0 Å². The highest BCUT2D eigenvalue weighted by molar-refractivity contribution is 9.10. The van der Waals surface area contributed by atoms with Gasteiger partial charge in [-0.1, -0.05) is 17.7 Å². The van der Waals surface area contributed by atoms with Crippen molar-refractivity contribution in [1.29, 1.82) is 0 Å². The van der Waals surface area contributed by atoms with Gasteiger partial charge in [0.05, 0.1) is 16.2 Å². The van der Waals surface area contributed by atoms with Gasteiger partial charge in [0.25, 0.3) is 11.6 Å². The van der Waals surface area contributed by atoms with E-state index in [0.29, 0.717) is 5.69 Å². The Bertz CT molecular complexity index is 716. The first-order valence-corrected chi connectivity index (χ1v) is 6.94. The first-order chi connectivity index (χ1) is 9.91. The number of nitro groups is 1. The lowest BCUT2D eigenvalue weighted by Crippen LogP contribution is -2.14. The lowest BCUT2D eigenvalue weighted by Gasteiger charge is -2.10. The summed E-state index contributed by atoms with van der Waals surface area (Å²) in [6.45, 7) is 1.77. The van der Waals surface area contributed by atoms with Gasteiger partial charge < -0.3 is 5.32 Å². The Kier molecular flexibility index (Phi) is 4.54. The van der Waals surface area contributed by atoms with Crippen molar-refractivity contribution >= 4 is 44.8 Å². The summed E-state index contributed by atoms with van der Waals surface area (Å²) in [5.41, 5.74) is 1.08. The Morgan fingerprint density at radius 1 is 1.43 bits per heavy atom. The molecule has 108 valence electrons. The largest absolute Gasteiger partial charge is 0.319 e. The number of anilines is 1. The fourth-order valence-corrected chi connectivity index (χ4v) is 2.53. The Morgan fingerprint density at radius 3 is 2.76 bits per heavy atom. The third-order valence-electron chi connectivity index (χ3n) is 2.77. The third-order valence-corrected chi connectivity index (χ3v) is 3.89. The van der Waals surface area contributed by atoms with E-state index in [9.17, 15) is 14.9 Å². The van der Waals surface area contributed by atoms with E-state index < -0.39 is 10.8 Å². The number of hydrogen-bond acceptors (Lipinski definition) is 4. The van der Waals surface area contributed by atoms with Crippen LogP contribution < -0.4 is 5.32 Å². The fraction of sp³-hybridized carbons (Fsp3) is 0.0769. The number of nitrogens with one attached hydrogen (secondary N) is 1. The number of rotatable bonds is 3. The van der Waals surface area contributed by atoms with Gasteiger partial charge >= 0.3 is 0 Å². The van der Waals surface area contributed by atoms with Gasteiger partial charge in [-0.15, -0.1) is 0 Å². The number of carbonyl (C=O) groups is 1. The molecule has 0 fully saturated rings.